The van der Waals surface area contributed by atoms with Crippen LogP contribution < -0.4 is 19.7 Å². The summed E-state index contributed by atoms with van der Waals surface area (Å²) in [5.41, 5.74) is 2.92. The molecule has 3 aromatic rings. The number of ether oxygens (including phenoxy) is 2. The van der Waals surface area contributed by atoms with Gasteiger partial charge in [-0.25, -0.2) is 0 Å². The number of rotatable bonds is 7. The second kappa shape index (κ2) is 11.2. The van der Waals surface area contributed by atoms with Gasteiger partial charge in [0.25, 0.3) is 5.91 Å². The number of nitrogens with one attached hydrogen (secondary N) is 1. The van der Waals surface area contributed by atoms with Crippen LogP contribution in [-0.4, -0.2) is 57.1 Å². The molecule has 4 rings (SSSR count). The van der Waals surface area contributed by atoms with E-state index in [4.69, 9.17) is 9.47 Å². The highest BCUT2D eigenvalue weighted by Gasteiger charge is 2.24. The molecule has 0 unspecified atom stereocenters. The number of carbonyl (C=O) groups excluding carboxylic acids is 2. The molecule has 0 saturated carbocycles. The molecular formula is C28H29N3O4. The quantitative estimate of drug-likeness (QED) is 0.520. The van der Waals surface area contributed by atoms with Crippen LogP contribution in [0.4, 0.5) is 11.4 Å². The second-order valence-corrected chi connectivity index (χ2v) is 8.10. The summed E-state index contributed by atoms with van der Waals surface area (Å²) in [7, 11) is 3.14. The SMILES string of the molecule is COc1ccc(/C=C/C(=O)Nc2ccccc2C(=O)N2CCN(c3ccccc3)CC2)cc1OC. The zero-order valence-corrected chi connectivity index (χ0v) is 19.9. The predicted molar refractivity (Wildman–Crippen MR) is 138 cm³/mol. The van der Waals surface area contributed by atoms with Crippen LogP contribution in [0.5, 0.6) is 11.5 Å². The molecule has 1 saturated heterocycles. The van der Waals surface area contributed by atoms with E-state index in [2.05, 4.69) is 22.3 Å². The Hall–Kier alpha value is -4.26. The van der Waals surface area contributed by atoms with Gasteiger partial charge in [0.15, 0.2) is 11.5 Å². The Kier molecular flexibility index (Phi) is 7.67. The Bertz CT molecular complexity index is 1200. The molecule has 0 spiro atoms. The molecule has 2 amide bonds. The monoisotopic (exact) mass is 471 g/mol. The van der Waals surface area contributed by atoms with Gasteiger partial charge in [-0.3, -0.25) is 9.59 Å². The topological polar surface area (TPSA) is 71.1 Å². The third kappa shape index (κ3) is 5.81. The van der Waals surface area contributed by atoms with E-state index >= 15 is 0 Å². The zero-order valence-electron chi connectivity index (χ0n) is 19.9. The summed E-state index contributed by atoms with van der Waals surface area (Å²) in [4.78, 5) is 30.0. The van der Waals surface area contributed by atoms with Crippen molar-refractivity contribution in [3.63, 3.8) is 0 Å². The fraction of sp³-hybridized carbons (Fsp3) is 0.214. The average molecular weight is 472 g/mol. The van der Waals surface area contributed by atoms with Gasteiger partial charge in [-0.2, -0.15) is 0 Å². The van der Waals surface area contributed by atoms with E-state index in [1.807, 2.05) is 35.2 Å². The summed E-state index contributed by atoms with van der Waals surface area (Å²) < 4.78 is 10.5. The molecule has 1 aliphatic rings. The largest absolute Gasteiger partial charge is 0.493 e. The molecule has 0 aliphatic carbocycles. The fourth-order valence-corrected chi connectivity index (χ4v) is 4.06. The molecule has 0 atom stereocenters. The van der Waals surface area contributed by atoms with Gasteiger partial charge >= 0.3 is 0 Å². The van der Waals surface area contributed by atoms with E-state index in [0.29, 0.717) is 35.8 Å². The van der Waals surface area contributed by atoms with E-state index in [1.165, 1.54) is 6.08 Å². The Morgan fingerprint density at radius 3 is 2.23 bits per heavy atom. The highest BCUT2D eigenvalue weighted by Crippen LogP contribution is 2.28. The van der Waals surface area contributed by atoms with Crippen molar-refractivity contribution in [2.24, 2.45) is 0 Å². The molecule has 3 aromatic carbocycles. The third-order valence-electron chi connectivity index (χ3n) is 5.94. The molecular weight excluding hydrogens is 442 g/mol. The third-order valence-corrected chi connectivity index (χ3v) is 5.94. The number of hydrogen-bond donors (Lipinski definition) is 1. The number of carbonyl (C=O) groups is 2. The van der Waals surface area contributed by atoms with E-state index in [1.54, 1.807) is 50.6 Å². The summed E-state index contributed by atoms with van der Waals surface area (Å²) in [6.45, 7) is 2.76. The maximum absolute atomic E-state index is 13.3. The first-order valence-corrected chi connectivity index (χ1v) is 11.5. The van der Waals surface area contributed by atoms with Crippen molar-refractivity contribution in [2.45, 2.75) is 0 Å². The van der Waals surface area contributed by atoms with Crippen LogP contribution in [-0.2, 0) is 4.79 Å². The molecule has 35 heavy (non-hydrogen) atoms. The van der Waals surface area contributed by atoms with Gasteiger partial charge in [-0.05, 0) is 48.0 Å². The molecule has 1 fully saturated rings. The lowest BCUT2D eigenvalue weighted by molar-refractivity contribution is -0.111. The highest BCUT2D eigenvalue weighted by atomic mass is 16.5. The van der Waals surface area contributed by atoms with Gasteiger partial charge in [0, 0.05) is 37.9 Å². The van der Waals surface area contributed by atoms with Crippen molar-refractivity contribution in [3.05, 3.63) is 90.0 Å². The number of benzene rings is 3. The van der Waals surface area contributed by atoms with Crippen LogP contribution in [0.1, 0.15) is 15.9 Å². The Morgan fingerprint density at radius 2 is 1.51 bits per heavy atom. The van der Waals surface area contributed by atoms with E-state index in [0.717, 1.165) is 24.3 Å². The minimum Gasteiger partial charge on any atom is -0.493 e. The first-order chi connectivity index (χ1) is 17.1. The minimum absolute atomic E-state index is 0.0857. The van der Waals surface area contributed by atoms with Crippen LogP contribution in [0, 0.1) is 0 Å². The Balaban J connectivity index is 1.40. The van der Waals surface area contributed by atoms with Gasteiger partial charge in [0.2, 0.25) is 5.91 Å². The van der Waals surface area contributed by atoms with Crippen LogP contribution in [0.25, 0.3) is 6.08 Å². The van der Waals surface area contributed by atoms with Gasteiger partial charge in [-0.1, -0.05) is 36.4 Å². The number of amides is 2. The number of piperazine rings is 1. The normalized spacial score (nSPS) is 13.5. The summed E-state index contributed by atoms with van der Waals surface area (Å²) in [5.74, 6) is 0.788. The smallest absolute Gasteiger partial charge is 0.256 e. The number of para-hydroxylation sites is 2. The molecule has 7 heteroatoms. The van der Waals surface area contributed by atoms with Crippen LogP contribution in [0.2, 0.25) is 0 Å². The molecule has 1 heterocycles. The summed E-state index contributed by atoms with van der Waals surface area (Å²) in [5, 5.41) is 2.85. The molecule has 180 valence electrons. The average Bonchev–Trinajstić information content (AvgIpc) is 2.92. The van der Waals surface area contributed by atoms with Gasteiger partial charge in [0.05, 0.1) is 25.5 Å². The zero-order chi connectivity index (χ0) is 24.6. The number of anilines is 2. The number of hydrogen-bond acceptors (Lipinski definition) is 5. The standard InChI is InChI=1S/C28H29N3O4/c1-34-25-14-12-21(20-26(25)35-2)13-15-27(32)29-24-11-7-6-10-23(24)28(33)31-18-16-30(17-19-31)22-8-4-3-5-9-22/h3-15,20H,16-19H2,1-2H3,(H,29,32)/b15-13+. The maximum atomic E-state index is 13.3. The fourth-order valence-electron chi connectivity index (χ4n) is 4.06. The molecule has 7 nitrogen and oxygen atoms in total. The van der Waals surface area contributed by atoms with Crippen molar-refractivity contribution in [1.82, 2.24) is 4.90 Å². The Morgan fingerprint density at radius 1 is 0.829 bits per heavy atom. The van der Waals surface area contributed by atoms with E-state index in [-0.39, 0.29) is 11.8 Å². The lowest BCUT2D eigenvalue weighted by atomic mass is 10.1. The molecule has 0 aromatic heterocycles. The predicted octanol–water partition coefficient (Wildman–Crippen LogP) is 4.32. The minimum atomic E-state index is -0.325. The van der Waals surface area contributed by atoms with Crippen LogP contribution >= 0.6 is 0 Å². The highest BCUT2D eigenvalue weighted by molar-refractivity contribution is 6.07. The summed E-state index contributed by atoms with van der Waals surface area (Å²) >= 11 is 0. The summed E-state index contributed by atoms with van der Waals surface area (Å²) in [6.07, 6.45) is 3.12. The second-order valence-electron chi connectivity index (χ2n) is 8.10. The van der Waals surface area contributed by atoms with Crippen molar-refractivity contribution in [1.29, 1.82) is 0 Å². The van der Waals surface area contributed by atoms with Crippen molar-refractivity contribution >= 4 is 29.3 Å². The van der Waals surface area contributed by atoms with Crippen LogP contribution in [0.3, 0.4) is 0 Å². The van der Waals surface area contributed by atoms with Gasteiger partial charge in [-0.15, -0.1) is 0 Å². The molecule has 1 aliphatic heterocycles. The van der Waals surface area contributed by atoms with Gasteiger partial charge in [0.1, 0.15) is 0 Å². The molecule has 1 N–H and O–H groups in total. The van der Waals surface area contributed by atoms with E-state index < -0.39 is 0 Å². The Labute approximate surface area is 205 Å². The lowest BCUT2D eigenvalue weighted by Crippen LogP contribution is -2.48. The van der Waals surface area contributed by atoms with Gasteiger partial charge < -0.3 is 24.6 Å². The maximum Gasteiger partial charge on any atom is 0.256 e. The van der Waals surface area contributed by atoms with Crippen LogP contribution in [0.15, 0.2) is 78.9 Å². The lowest BCUT2D eigenvalue weighted by Gasteiger charge is -2.36. The molecule has 0 radical (unpaired) electrons. The van der Waals surface area contributed by atoms with E-state index in [9.17, 15) is 9.59 Å². The number of nitrogens with zero attached hydrogens (tertiary/aromatic N) is 2. The van der Waals surface area contributed by atoms with Crippen molar-refractivity contribution in [3.8, 4) is 11.5 Å². The first-order valence-electron chi connectivity index (χ1n) is 11.5. The van der Waals surface area contributed by atoms with Crippen molar-refractivity contribution in [2.75, 3.05) is 50.6 Å². The van der Waals surface area contributed by atoms with Crippen molar-refractivity contribution < 1.29 is 19.1 Å². The summed E-state index contributed by atoms with van der Waals surface area (Å²) in [6, 6.07) is 22.7. The number of methoxy groups -OCH3 is 2. The molecule has 0 bridgehead atoms. The first kappa shape index (κ1) is 23.9.